The molecule has 0 unspecified atom stereocenters. The molecule has 0 heterocycles. The zero-order valence-electron chi connectivity index (χ0n) is 12.7. The Bertz CT molecular complexity index is 661. The highest BCUT2D eigenvalue weighted by atomic mass is 35.5. The quantitative estimate of drug-likeness (QED) is 0.787. The molecule has 0 aliphatic carbocycles. The summed E-state index contributed by atoms with van der Waals surface area (Å²) in [5, 5.41) is 7.57. The molecule has 0 spiro atoms. The molecule has 22 heavy (non-hydrogen) atoms. The maximum Gasteiger partial charge on any atom is 0.171 e. The summed E-state index contributed by atoms with van der Waals surface area (Å²) in [5.74, 6) is 0.867. The summed E-state index contributed by atoms with van der Waals surface area (Å²) >= 11 is 11.4. The minimum atomic E-state index is 0.557. The predicted octanol–water partition coefficient (Wildman–Crippen LogP) is 4.53. The molecule has 2 aromatic carbocycles. The van der Waals surface area contributed by atoms with E-state index in [1.807, 2.05) is 56.3 Å². The first kappa shape index (κ1) is 16.6. The van der Waals surface area contributed by atoms with Crippen LogP contribution in [-0.2, 0) is 6.54 Å². The molecule has 2 aromatic rings. The zero-order chi connectivity index (χ0) is 15.9. The summed E-state index contributed by atoms with van der Waals surface area (Å²) in [6.45, 7) is 5.22. The Morgan fingerprint density at radius 1 is 1.23 bits per heavy atom. The van der Waals surface area contributed by atoms with Gasteiger partial charge in [0.05, 0.1) is 6.61 Å². The maximum absolute atomic E-state index is 6.10. The Labute approximate surface area is 141 Å². The molecule has 0 aliphatic heterocycles. The van der Waals surface area contributed by atoms with Gasteiger partial charge in [0, 0.05) is 17.3 Å². The molecule has 0 aliphatic rings. The minimum absolute atomic E-state index is 0.557. The van der Waals surface area contributed by atoms with Crippen LogP contribution in [0.25, 0.3) is 0 Å². The van der Waals surface area contributed by atoms with E-state index in [0.29, 0.717) is 18.3 Å². The van der Waals surface area contributed by atoms with Crippen molar-refractivity contribution in [3.63, 3.8) is 0 Å². The SMILES string of the molecule is CCOc1cccc(CNC(=S)Nc2ccc(C)c(Cl)c2)c1. The average molecular weight is 335 g/mol. The van der Waals surface area contributed by atoms with E-state index in [2.05, 4.69) is 10.6 Å². The van der Waals surface area contributed by atoms with E-state index >= 15 is 0 Å². The van der Waals surface area contributed by atoms with Crippen molar-refractivity contribution in [1.82, 2.24) is 5.32 Å². The number of nitrogens with one attached hydrogen (secondary N) is 2. The Morgan fingerprint density at radius 3 is 2.77 bits per heavy atom. The van der Waals surface area contributed by atoms with Gasteiger partial charge < -0.3 is 15.4 Å². The van der Waals surface area contributed by atoms with Crippen molar-refractivity contribution in [2.24, 2.45) is 0 Å². The standard InChI is InChI=1S/C17H19ClN2OS/c1-3-21-15-6-4-5-13(9-15)11-19-17(22)20-14-8-7-12(2)16(18)10-14/h4-10H,3,11H2,1-2H3,(H2,19,20,22). The van der Waals surface area contributed by atoms with Crippen LogP contribution in [0.15, 0.2) is 42.5 Å². The highest BCUT2D eigenvalue weighted by molar-refractivity contribution is 7.80. The fraction of sp³-hybridized carbons (Fsp3) is 0.235. The molecular formula is C17H19ClN2OS. The van der Waals surface area contributed by atoms with Gasteiger partial charge in [0.1, 0.15) is 5.75 Å². The molecule has 0 amide bonds. The molecule has 2 N–H and O–H groups in total. The van der Waals surface area contributed by atoms with Gasteiger partial charge in [0.15, 0.2) is 5.11 Å². The second kappa shape index (κ2) is 8.01. The van der Waals surface area contributed by atoms with Crippen LogP contribution in [0.3, 0.4) is 0 Å². The Morgan fingerprint density at radius 2 is 2.05 bits per heavy atom. The summed E-state index contributed by atoms with van der Waals surface area (Å²) in [6.07, 6.45) is 0. The van der Waals surface area contributed by atoms with Crippen molar-refractivity contribution in [1.29, 1.82) is 0 Å². The molecule has 116 valence electrons. The number of halogens is 1. The second-order valence-electron chi connectivity index (χ2n) is 4.85. The summed E-state index contributed by atoms with van der Waals surface area (Å²) in [4.78, 5) is 0. The molecule has 0 radical (unpaired) electrons. The predicted molar refractivity (Wildman–Crippen MR) is 96.9 cm³/mol. The Hall–Kier alpha value is -1.78. The number of aryl methyl sites for hydroxylation is 1. The van der Waals surface area contributed by atoms with Crippen LogP contribution in [0.2, 0.25) is 5.02 Å². The van der Waals surface area contributed by atoms with Crippen molar-refractivity contribution in [2.45, 2.75) is 20.4 Å². The largest absolute Gasteiger partial charge is 0.494 e. The summed E-state index contributed by atoms with van der Waals surface area (Å²) in [6, 6.07) is 13.7. The van der Waals surface area contributed by atoms with Gasteiger partial charge in [-0.05, 0) is 61.5 Å². The molecule has 0 saturated carbocycles. The molecular weight excluding hydrogens is 316 g/mol. The average Bonchev–Trinajstić information content (AvgIpc) is 2.50. The first-order valence-electron chi connectivity index (χ1n) is 7.11. The van der Waals surface area contributed by atoms with Gasteiger partial charge in [-0.3, -0.25) is 0 Å². The third kappa shape index (κ3) is 4.90. The number of anilines is 1. The number of hydrogen-bond acceptors (Lipinski definition) is 2. The third-order valence-corrected chi connectivity index (χ3v) is 3.75. The topological polar surface area (TPSA) is 33.3 Å². The van der Waals surface area contributed by atoms with E-state index in [-0.39, 0.29) is 0 Å². The lowest BCUT2D eigenvalue weighted by Crippen LogP contribution is -2.27. The fourth-order valence-corrected chi connectivity index (χ4v) is 2.31. The van der Waals surface area contributed by atoms with Crippen LogP contribution in [0.1, 0.15) is 18.1 Å². The van der Waals surface area contributed by atoms with Crippen LogP contribution in [0.4, 0.5) is 5.69 Å². The molecule has 2 rings (SSSR count). The fourth-order valence-electron chi connectivity index (χ4n) is 1.94. The van der Waals surface area contributed by atoms with Gasteiger partial charge in [-0.2, -0.15) is 0 Å². The summed E-state index contributed by atoms with van der Waals surface area (Å²) in [5.41, 5.74) is 3.02. The molecule has 0 saturated heterocycles. The van der Waals surface area contributed by atoms with Crippen LogP contribution < -0.4 is 15.4 Å². The van der Waals surface area contributed by atoms with Crippen molar-refractivity contribution < 1.29 is 4.74 Å². The lowest BCUT2D eigenvalue weighted by Gasteiger charge is -2.12. The molecule has 0 fully saturated rings. The van der Waals surface area contributed by atoms with Crippen molar-refractivity contribution >= 4 is 34.6 Å². The molecule has 3 nitrogen and oxygen atoms in total. The monoisotopic (exact) mass is 334 g/mol. The van der Waals surface area contributed by atoms with Gasteiger partial charge in [0.2, 0.25) is 0 Å². The van der Waals surface area contributed by atoms with E-state index < -0.39 is 0 Å². The van der Waals surface area contributed by atoms with E-state index in [1.165, 1.54) is 0 Å². The molecule has 0 atom stereocenters. The van der Waals surface area contributed by atoms with Gasteiger partial charge >= 0.3 is 0 Å². The lowest BCUT2D eigenvalue weighted by molar-refractivity contribution is 0.340. The minimum Gasteiger partial charge on any atom is -0.494 e. The number of rotatable bonds is 5. The van der Waals surface area contributed by atoms with E-state index in [0.717, 1.165) is 27.6 Å². The normalized spacial score (nSPS) is 10.1. The van der Waals surface area contributed by atoms with Crippen LogP contribution in [0.5, 0.6) is 5.75 Å². The van der Waals surface area contributed by atoms with Gasteiger partial charge in [-0.1, -0.05) is 29.8 Å². The third-order valence-electron chi connectivity index (χ3n) is 3.09. The van der Waals surface area contributed by atoms with Crippen LogP contribution in [-0.4, -0.2) is 11.7 Å². The molecule has 0 aromatic heterocycles. The smallest absolute Gasteiger partial charge is 0.171 e. The van der Waals surface area contributed by atoms with Crippen molar-refractivity contribution in [2.75, 3.05) is 11.9 Å². The van der Waals surface area contributed by atoms with Gasteiger partial charge in [-0.15, -0.1) is 0 Å². The molecule has 0 bridgehead atoms. The summed E-state index contributed by atoms with van der Waals surface area (Å²) in [7, 11) is 0. The number of thiocarbonyl (C=S) groups is 1. The highest BCUT2D eigenvalue weighted by Crippen LogP contribution is 2.20. The number of hydrogen-bond donors (Lipinski definition) is 2. The van der Waals surface area contributed by atoms with E-state index in [4.69, 9.17) is 28.6 Å². The van der Waals surface area contributed by atoms with E-state index in [9.17, 15) is 0 Å². The van der Waals surface area contributed by atoms with E-state index in [1.54, 1.807) is 0 Å². The zero-order valence-corrected chi connectivity index (χ0v) is 14.2. The summed E-state index contributed by atoms with van der Waals surface area (Å²) < 4.78 is 5.48. The first-order chi connectivity index (χ1) is 10.6. The van der Waals surface area contributed by atoms with Crippen molar-refractivity contribution in [3.8, 4) is 5.75 Å². The second-order valence-corrected chi connectivity index (χ2v) is 5.67. The maximum atomic E-state index is 6.10. The van der Waals surface area contributed by atoms with Crippen LogP contribution >= 0.6 is 23.8 Å². The first-order valence-corrected chi connectivity index (χ1v) is 7.90. The molecule has 5 heteroatoms. The Kier molecular flexibility index (Phi) is 6.04. The van der Waals surface area contributed by atoms with Crippen LogP contribution in [0, 0.1) is 6.92 Å². The number of benzene rings is 2. The lowest BCUT2D eigenvalue weighted by atomic mass is 10.2. The highest BCUT2D eigenvalue weighted by Gasteiger charge is 2.02. The van der Waals surface area contributed by atoms with Gasteiger partial charge in [0.25, 0.3) is 0 Å². The van der Waals surface area contributed by atoms with Gasteiger partial charge in [-0.25, -0.2) is 0 Å². The number of ether oxygens (including phenoxy) is 1. The van der Waals surface area contributed by atoms with Crippen molar-refractivity contribution in [3.05, 3.63) is 58.6 Å². The Balaban J connectivity index is 1.89.